The van der Waals surface area contributed by atoms with Gasteiger partial charge in [0.25, 0.3) is 5.91 Å². The van der Waals surface area contributed by atoms with E-state index in [1.807, 2.05) is 48.5 Å². The summed E-state index contributed by atoms with van der Waals surface area (Å²) in [6, 6.07) is 13.4. The van der Waals surface area contributed by atoms with E-state index in [1.165, 1.54) is 0 Å². The van der Waals surface area contributed by atoms with Crippen molar-refractivity contribution in [3.8, 4) is 5.75 Å². The maximum absolute atomic E-state index is 12.1. The molecule has 0 aliphatic carbocycles. The van der Waals surface area contributed by atoms with Crippen LogP contribution in [0.4, 0.5) is 5.69 Å². The Kier molecular flexibility index (Phi) is 3.32. The Balaban J connectivity index is 2.06. The first-order valence-corrected chi connectivity index (χ1v) is 6.94. The summed E-state index contributed by atoms with van der Waals surface area (Å²) in [6.07, 6.45) is 1.88. The number of ether oxygens (including phenoxy) is 1. The first-order valence-electron chi connectivity index (χ1n) is 6.14. The molecule has 0 saturated heterocycles. The fourth-order valence-corrected chi connectivity index (χ4v) is 2.43. The van der Waals surface area contributed by atoms with Gasteiger partial charge >= 0.3 is 0 Å². The van der Waals surface area contributed by atoms with E-state index in [9.17, 15) is 4.79 Å². The van der Waals surface area contributed by atoms with Crippen molar-refractivity contribution in [2.75, 3.05) is 12.4 Å². The molecule has 2 aromatic carbocycles. The van der Waals surface area contributed by atoms with E-state index in [-0.39, 0.29) is 5.91 Å². The second-order valence-electron chi connectivity index (χ2n) is 4.48. The topological polar surface area (TPSA) is 38.3 Å². The van der Waals surface area contributed by atoms with Gasteiger partial charge in [-0.15, -0.1) is 0 Å². The molecule has 0 unspecified atom stereocenters. The van der Waals surface area contributed by atoms with Crippen LogP contribution in [0.15, 0.2) is 46.9 Å². The lowest BCUT2D eigenvalue weighted by atomic mass is 10.0. The zero-order valence-corrected chi connectivity index (χ0v) is 12.4. The summed E-state index contributed by atoms with van der Waals surface area (Å²) >= 11 is 3.40. The Morgan fingerprint density at radius 3 is 2.60 bits per heavy atom. The van der Waals surface area contributed by atoms with Gasteiger partial charge in [-0.25, -0.2) is 0 Å². The van der Waals surface area contributed by atoms with Crippen molar-refractivity contribution in [1.29, 1.82) is 0 Å². The molecule has 1 aliphatic rings. The monoisotopic (exact) mass is 329 g/mol. The van der Waals surface area contributed by atoms with Crippen LogP contribution < -0.4 is 10.1 Å². The molecule has 1 N–H and O–H groups in total. The number of amides is 1. The van der Waals surface area contributed by atoms with Crippen molar-refractivity contribution in [1.82, 2.24) is 0 Å². The lowest BCUT2D eigenvalue weighted by molar-refractivity contribution is -0.110. The molecule has 0 saturated carbocycles. The maximum atomic E-state index is 12.1. The van der Waals surface area contributed by atoms with Crippen molar-refractivity contribution in [3.63, 3.8) is 0 Å². The fraction of sp³-hybridized carbons (Fsp3) is 0.0625. The number of halogens is 1. The fourth-order valence-electron chi connectivity index (χ4n) is 2.16. The van der Waals surface area contributed by atoms with Crippen LogP contribution in [0.5, 0.6) is 5.75 Å². The molecule has 4 heteroatoms. The van der Waals surface area contributed by atoms with E-state index >= 15 is 0 Å². The van der Waals surface area contributed by atoms with Gasteiger partial charge in [-0.3, -0.25) is 4.79 Å². The summed E-state index contributed by atoms with van der Waals surface area (Å²) in [7, 11) is 1.62. The largest absolute Gasteiger partial charge is 0.497 e. The summed E-state index contributed by atoms with van der Waals surface area (Å²) in [5.41, 5.74) is 3.33. The molecule has 1 amide bonds. The SMILES string of the molecule is COc1ccc2c(c1)/C(=C\c1ccc(Br)cc1)C(=O)N2. The van der Waals surface area contributed by atoms with Crippen LogP contribution in [0.25, 0.3) is 11.6 Å². The number of carbonyl (C=O) groups is 1. The Labute approximate surface area is 125 Å². The minimum Gasteiger partial charge on any atom is -0.497 e. The van der Waals surface area contributed by atoms with Crippen LogP contribution in [-0.4, -0.2) is 13.0 Å². The van der Waals surface area contributed by atoms with Crippen molar-refractivity contribution in [2.24, 2.45) is 0 Å². The molecule has 1 heterocycles. The minimum atomic E-state index is -0.0869. The van der Waals surface area contributed by atoms with Crippen molar-refractivity contribution in [2.45, 2.75) is 0 Å². The smallest absolute Gasteiger partial charge is 0.256 e. The molecule has 0 fully saturated rings. The molecule has 100 valence electrons. The zero-order chi connectivity index (χ0) is 14.1. The highest BCUT2D eigenvalue weighted by molar-refractivity contribution is 9.10. The van der Waals surface area contributed by atoms with Crippen molar-refractivity contribution >= 4 is 39.2 Å². The van der Waals surface area contributed by atoms with Crippen LogP contribution in [0.3, 0.4) is 0 Å². The van der Waals surface area contributed by atoms with E-state index in [1.54, 1.807) is 7.11 Å². The third kappa shape index (κ3) is 2.34. The second-order valence-corrected chi connectivity index (χ2v) is 5.39. The number of benzene rings is 2. The van der Waals surface area contributed by atoms with E-state index < -0.39 is 0 Å². The lowest BCUT2D eigenvalue weighted by Gasteiger charge is -2.03. The Morgan fingerprint density at radius 2 is 1.90 bits per heavy atom. The third-order valence-corrected chi connectivity index (χ3v) is 3.72. The summed E-state index contributed by atoms with van der Waals surface area (Å²) in [5.74, 6) is 0.651. The average molecular weight is 330 g/mol. The van der Waals surface area contributed by atoms with Gasteiger partial charge in [-0.2, -0.15) is 0 Å². The summed E-state index contributed by atoms with van der Waals surface area (Å²) < 4.78 is 6.23. The zero-order valence-electron chi connectivity index (χ0n) is 10.8. The van der Waals surface area contributed by atoms with Gasteiger partial charge < -0.3 is 10.1 Å². The van der Waals surface area contributed by atoms with Crippen LogP contribution in [-0.2, 0) is 4.79 Å². The van der Waals surface area contributed by atoms with Crippen LogP contribution in [0.2, 0.25) is 0 Å². The number of hydrogen-bond donors (Lipinski definition) is 1. The average Bonchev–Trinajstić information content (AvgIpc) is 2.77. The quantitative estimate of drug-likeness (QED) is 0.847. The highest BCUT2D eigenvalue weighted by atomic mass is 79.9. The van der Waals surface area contributed by atoms with Crippen molar-refractivity contribution < 1.29 is 9.53 Å². The van der Waals surface area contributed by atoms with E-state index in [0.29, 0.717) is 5.57 Å². The van der Waals surface area contributed by atoms with Gasteiger partial charge in [0.15, 0.2) is 0 Å². The van der Waals surface area contributed by atoms with Gasteiger partial charge in [0.1, 0.15) is 5.75 Å². The number of fused-ring (bicyclic) bond motifs is 1. The summed E-state index contributed by atoms with van der Waals surface area (Å²) in [5, 5.41) is 2.86. The normalized spacial score (nSPS) is 15.1. The van der Waals surface area contributed by atoms with Gasteiger partial charge in [-0.1, -0.05) is 28.1 Å². The van der Waals surface area contributed by atoms with Gasteiger partial charge in [-0.05, 0) is 42.0 Å². The van der Waals surface area contributed by atoms with E-state index in [0.717, 1.165) is 27.0 Å². The molecule has 2 aromatic rings. The molecule has 3 rings (SSSR count). The third-order valence-electron chi connectivity index (χ3n) is 3.19. The highest BCUT2D eigenvalue weighted by Gasteiger charge is 2.24. The van der Waals surface area contributed by atoms with E-state index in [4.69, 9.17) is 4.74 Å². The van der Waals surface area contributed by atoms with Crippen LogP contribution in [0.1, 0.15) is 11.1 Å². The number of carbonyl (C=O) groups excluding carboxylic acids is 1. The van der Waals surface area contributed by atoms with Crippen LogP contribution >= 0.6 is 15.9 Å². The van der Waals surface area contributed by atoms with Gasteiger partial charge in [0.05, 0.1) is 7.11 Å². The Bertz CT molecular complexity index is 705. The first-order chi connectivity index (χ1) is 9.67. The first kappa shape index (κ1) is 12.9. The molecule has 20 heavy (non-hydrogen) atoms. The molecular formula is C16H12BrNO2. The number of anilines is 1. The molecule has 3 nitrogen and oxygen atoms in total. The number of hydrogen-bond acceptors (Lipinski definition) is 2. The lowest BCUT2D eigenvalue weighted by Crippen LogP contribution is -2.03. The van der Waals surface area contributed by atoms with E-state index in [2.05, 4.69) is 21.2 Å². The molecule has 0 bridgehead atoms. The second kappa shape index (κ2) is 5.13. The predicted molar refractivity (Wildman–Crippen MR) is 83.6 cm³/mol. The summed E-state index contributed by atoms with van der Waals surface area (Å²) in [6.45, 7) is 0. The number of rotatable bonds is 2. The van der Waals surface area contributed by atoms with Gasteiger partial charge in [0.2, 0.25) is 0 Å². The standard InChI is InChI=1S/C16H12BrNO2/c1-20-12-6-7-15-13(9-12)14(16(19)18-15)8-10-2-4-11(17)5-3-10/h2-9H,1H3,(H,18,19)/b14-8+. The Morgan fingerprint density at radius 1 is 1.15 bits per heavy atom. The molecule has 0 radical (unpaired) electrons. The molecule has 1 aliphatic heterocycles. The summed E-state index contributed by atoms with van der Waals surface area (Å²) in [4.78, 5) is 12.1. The van der Waals surface area contributed by atoms with Gasteiger partial charge in [0, 0.05) is 21.3 Å². The highest BCUT2D eigenvalue weighted by Crippen LogP contribution is 2.35. The predicted octanol–water partition coefficient (Wildman–Crippen LogP) is 3.95. The van der Waals surface area contributed by atoms with Crippen molar-refractivity contribution in [3.05, 3.63) is 58.1 Å². The number of nitrogens with one attached hydrogen (secondary N) is 1. The minimum absolute atomic E-state index is 0.0869. The molecule has 0 spiro atoms. The Hall–Kier alpha value is -2.07. The molecule has 0 atom stereocenters. The van der Waals surface area contributed by atoms with Crippen LogP contribution in [0, 0.1) is 0 Å². The number of methoxy groups -OCH3 is 1. The maximum Gasteiger partial charge on any atom is 0.256 e. The molecular weight excluding hydrogens is 318 g/mol. The molecule has 0 aromatic heterocycles.